The van der Waals surface area contributed by atoms with E-state index in [1.807, 2.05) is 24.4 Å². The fraction of sp³-hybridized carbons (Fsp3) is 0.200. The molecule has 0 fully saturated rings. The molecule has 0 saturated carbocycles. The highest BCUT2D eigenvalue weighted by Crippen LogP contribution is 2.25. The second kappa shape index (κ2) is 4.99. The molecule has 0 bridgehead atoms. The third kappa shape index (κ3) is 2.34. The molecule has 0 aliphatic heterocycles. The highest BCUT2D eigenvalue weighted by molar-refractivity contribution is 9.10. The molecule has 1 atom stereocenters. The maximum atomic E-state index is 8.98. The first-order chi connectivity index (χ1) is 6.72. The Morgan fingerprint density at radius 2 is 2.20 bits per heavy atom. The van der Waals surface area contributed by atoms with Crippen LogP contribution < -0.4 is 5.73 Å². The van der Waals surface area contributed by atoms with Gasteiger partial charge in [0.1, 0.15) is 0 Å². The van der Waals surface area contributed by atoms with Crippen molar-refractivity contribution in [1.82, 2.24) is 4.98 Å². The molecule has 1 aromatic carbocycles. The summed E-state index contributed by atoms with van der Waals surface area (Å²) in [6.07, 6.45) is 1.85. The van der Waals surface area contributed by atoms with Crippen molar-refractivity contribution < 1.29 is 5.11 Å². The summed E-state index contributed by atoms with van der Waals surface area (Å²) < 4.78 is 1.01. The van der Waals surface area contributed by atoms with Gasteiger partial charge in [0.05, 0.1) is 12.6 Å². The molecule has 0 saturated heterocycles. The van der Waals surface area contributed by atoms with Crippen molar-refractivity contribution in [2.45, 2.75) is 6.04 Å². The second-order valence-corrected chi connectivity index (χ2v) is 4.14. The normalized spacial score (nSPS) is 12.5. The van der Waals surface area contributed by atoms with Gasteiger partial charge in [-0.3, -0.25) is 0 Å². The minimum atomic E-state index is -0.321. The standard InChI is InChI=1S/C10H11BrN2O.ClH/c11-6-1-2-10-7(3-6)8(4-13-10)9(12)5-14;/h1-4,9,13-14H,5,12H2;1H/t9-;/m1./s1. The molecule has 0 aliphatic carbocycles. The van der Waals surface area contributed by atoms with E-state index in [0.717, 1.165) is 20.9 Å². The number of halogens is 2. The molecule has 3 nitrogen and oxygen atoms in total. The molecule has 0 aliphatic rings. The van der Waals surface area contributed by atoms with Gasteiger partial charge < -0.3 is 15.8 Å². The van der Waals surface area contributed by atoms with Gasteiger partial charge in [0.15, 0.2) is 0 Å². The molecule has 1 aromatic heterocycles. The van der Waals surface area contributed by atoms with Crippen molar-refractivity contribution in [3.8, 4) is 0 Å². The van der Waals surface area contributed by atoms with Crippen LogP contribution in [0.15, 0.2) is 28.9 Å². The Morgan fingerprint density at radius 1 is 1.47 bits per heavy atom. The Labute approximate surface area is 102 Å². The van der Waals surface area contributed by atoms with E-state index in [2.05, 4.69) is 20.9 Å². The van der Waals surface area contributed by atoms with Gasteiger partial charge >= 0.3 is 0 Å². The summed E-state index contributed by atoms with van der Waals surface area (Å²) in [6, 6.07) is 5.62. The zero-order valence-electron chi connectivity index (χ0n) is 7.90. The first kappa shape index (κ1) is 12.5. The lowest BCUT2D eigenvalue weighted by molar-refractivity contribution is 0.268. The van der Waals surface area contributed by atoms with E-state index in [4.69, 9.17) is 10.8 Å². The van der Waals surface area contributed by atoms with Crippen molar-refractivity contribution in [1.29, 1.82) is 0 Å². The first-order valence-electron chi connectivity index (χ1n) is 4.35. The van der Waals surface area contributed by atoms with Crippen LogP contribution in [0.2, 0.25) is 0 Å². The SMILES string of the molecule is Cl.N[C@H](CO)c1c[nH]c2ccc(Br)cc12. The van der Waals surface area contributed by atoms with Gasteiger partial charge in [-0.25, -0.2) is 0 Å². The van der Waals surface area contributed by atoms with Crippen molar-refractivity contribution in [2.75, 3.05) is 6.61 Å². The van der Waals surface area contributed by atoms with E-state index in [0.29, 0.717) is 0 Å². The van der Waals surface area contributed by atoms with Crippen LogP contribution in [0.4, 0.5) is 0 Å². The summed E-state index contributed by atoms with van der Waals surface area (Å²) in [5, 5.41) is 10.0. The van der Waals surface area contributed by atoms with E-state index in [1.54, 1.807) is 0 Å². The lowest BCUT2D eigenvalue weighted by atomic mass is 10.1. The average molecular weight is 292 g/mol. The van der Waals surface area contributed by atoms with Crippen molar-refractivity contribution >= 4 is 39.2 Å². The number of aliphatic hydroxyl groups excluding tert-OH is 1. The molecular weight excluding hydrogens is 279 g/mol. The largest absolute Gasteiger partial charge is 0.394 e. The molecule has 4 N–H and O–H groups in total. The number of aliphatic hydroxyl groups is 1. The lowest BCUT2D eigenvalue weighted by Gasteiger charge is -2.05. The number of rotatable bonds is 2. The molecule has 0 radical (unpaired) electrons. The Balaban J connectivity index is 0.00000112. The van der Waals surface area contributed by atoms with Gasteiger partial charge in [0.2, 0.25) is 0 Å². The number of benzene rings is 1. The number of H-pyrrole nitrogens is 1. The van der Waals surface area contributed by atoms with Crippen LogP contribution in [0.5, 0.6) is 0 Å². The van der Waals surface area contributed by atoms with Crippen molar-refractivity contribution in [3.05, 3.63) is 34.4 Å². The molecule has 2 rings (SSSR count). The van der Waals surface area contributed by atoms with E-state index in [1.165, 1.54) is 0 Å². The highest BCUT2D eigenvalue weighted by atomic mass is 79.9. The highest BCUT2D eigenvalue weighted by Gasteiger charge is 2.10. The molecule has 2 aromatic rings. The quantitative estimate of drug-likeness (QED) is 0.795. The van der Waals surface area contributed by atoms with Crippen LogP contribution in [-0.2, 0) is 0 Å². The number of aromatic nitrogens is 1. The fourth-order valence-electron chi connectivity index (χ4n) is 1.52. The number of hydrogen-bond acceptors (Lipinski definition) is 2. The smallest absolute Gasteiger partial charge is 0.0625 e. The van der Waals surface area contributed by atoms with Gasteiger partial charge in [-0.1, -0.05) is 15.9 Å². The number of hydrogen-bond donors (Lipinski definition) is 3. The lowest BCUT2D eigenvalue weighted by Crippen LogP contribution is -2.13. The maximum absolute atomic E-state index is 8.98. The van der Waals surface area contributed by atoms with E-state index < -0.39 is 0 Å². The Bertz CT molecular complexity index is 458. The summed E-state index contributed by atoms with van der Waals surface area (Å²) in [6.45, 7) is -0.0422. The second-order valence-electron chi connectivity index (χ2n) is 3.22. The molecule has 5 heteroatoms. The molecule has 82 valence electrons. The van der Waals surface area contributed by atoms with Crippen LogP contribution in [0.3, 0.4) is 0 Å². The van der Waals surface area contributed by atoms with Crippen LogP contribution >= 0.6 is 28.3 Å². The van der Waals surface area contributed by atoms with Gasteiger partial charge in [-0.05, 0) is 23.8 Å². The van der Waals surface area contributed by atoms with Crippen LogP contribution in [0, 0.1) is 0 Å². The predicted octanol–water partition coefficient (Wildman–Crippen LogP) is 2.34. The van der Waals surface area contributed by atoms with Gasteiger partial charge in [-0.2, -0.15) is 0 Å². The number of fused-ring (bicyclic) bond motifs is 1. The Hall–Kier alpha value is -0.550. The topological polar surface area (TPSA) is 62.0 Å². The molecule has 1 heterocycles. The maximum Gasteiger partial charge on any atom is 0.0625 e. The zero-order chi connectivity index (χ0) is 10.1. The Morgan fingerprint density at radius 3 is 2.87 bits per heavy atom. The third-order valence-electron chi connectivity index (χ3n) is 2.27. The predicted molar refractivity (Wildman–Crippen MR) is 67.3 cm³/mol. The number of aromatic amines is 1. The molecule has 0 amide bonds. The van der Waals surface area contributed by atoms with Gasteiger partial charge in [0, 0.05) is 21.6 Å². The van der Waals surface area contributed by atoms with Crippen LogP contribution in [0.1, 0.15) is 11.6 Å². The van der Waals surface area contributed by atoms with Crippen LogP contribution in [0.25, 0.3) is 10.9 Å². The average Bonchev–Trinajstić information content (AvgIpc) is 2.59. The molecule has 0 unspecified atom stereocenters. The van der Waals surface area contributed by atoms with Crippen LogP contribution in [-0.4, -0.2) is 16.7 Å². The molecule has 15 heavy (non-hydrogen) atoms. The first-order valence-corrected chi connectivity index (χ1v) is 5.14. The summed E-state index contributed by atoms with van der Waals surface area (Å²) in [7, 11) is 0. The minimum Gasteiger partial charge on any atom is -0.394 e. The monoisotopic (exact) mass is 290 g/mol. The Kier molecular flexibility index (Phi) is 4.16. The molecular formula is C10H12BrClN2O. The summed E-state index contributed by atoms with van der Waals surface area (Å²) in [4.78, 5) is 3.12. The van der Waals surface area contributed by atoms with E-state index in [9.17, 15) is 0 Å². The number of nitrogens with two attached hydrogens (primary N) is 1. The van der Waals surface area contributed by atoms with Crippen molar-refractivity contribution in [2.24, 2.45) is 5.73 Å². The summed E-state index contributed by atoms with van der Waals surface area (Å²) in [5.74, 6) is 0. The number of nitrogens with one attached hydrogen (secondary N) is 1. The fourth-order valence-corrected chi connectivity index (χ4v) is 1.88. The third-order valence-corrected chi connectivity index (χ3v) is 2.77. The van der Waals surface area contributed by atoms with Gasteiger partial charge in [-0.15, -0.1) is 12.4 Å². The van der Waals surface area contributed by atoms with Crippen molar-refractivity contribution in [3.63, 3.8) is 0 Å². The summed E-state index contributed by atoms with van der Waals surface area (Å²) in [5.41, 5.74) is 7.75. The molecule has 0 spiro atoms. The van der Waals surface area contributed by atoms with E-state index >= 15 is 0 Å². The minimum absolute atomic E-state index is 0. The van der Waals surface area contributed by atoms with E-state index in [-0.39, 0.29) is 25.1 Å². The zero-order valence-corrected chi connectivity index (χ0v) is 10.3. The summed E-state index contributed by atoms with van der Waals surface area (Å²) >= 11 is 3.41. The van der Waals surface area contributed by atoms with Gasteiger partial charge in [0.25, 0.3) is 0 Å².